The molecule has 0 amide bonds. The summed E-state index contributed by atoms with van der Waals surface area (Å²) in [5.74, 6) is 0. The molecule has 0 unspecified atom stereocenters. The first-order chi connectivity index (χ1) is 6.43. The van der Waals surface area contributed by atoms with Gasteiger partial charge in [0.1, 0.15) is 0 Å². The Hall–Kier alpha value is -0.260. The average molecular weight is 180 g/mol. The smallest absolute Gasteiger partial charge is 0.0320 e. The fourth-order valence-corrected chi connectivity index (χ4v) is 2.11. The third-order valence-corrected chi connectivity index (χ3v) is 3.09. The van der Waals surface area contributed by atoms with Gasteiger partial charge in [0.25, 0.3) is 0 Å². The van der Waals surface area contributed by atoms with Crippen molar-refractivity contribution in [3.05, 3.63) is 11.6 Å². The Kier molecular flexibility index (Phi) is 5.97. The molecule has 0 spiro atoms. The zero-order valence-electron chi connectivity index (χ0n) is 9.15. The lowest BCUT2D eigenvalue weighted by atomic mass is 10.0. The summed E-state index contributed by atoms with van der Waals surface area (Å²) in [5.41, 5.74) is 1.71. The molecule has 0 bridgehead atoms. The van der Waals surface area contributed by atoms with E-state index in [1.807, 2.05) is 0 Å². The van der Waals surface area contributed by atoms with Gasteiger partial charge in [-0.3, -0.25) is 0 Å². The van der Waals surface area contributed by atoms with Crippen LogP contribution in [0.15, 0.2) is 11.6 Å². The molecular formula is C13H24. The third kappa shape index (κ3) is 5.13. The molecule has 0 nitrogen and oxygen atoms in total. The molecule has 0 saturated carbocycles. The molecule has 13 heavy (non-hydrogen) atoms. The van der Waals surface area contributed by atoms with Gasteiger partial charge in [-0.1, -0.05) is 50.7 Å². The number of rotatable bonds is 1. The van der Waals surface area contributed by atoms with E-state index in [0.29, 0.717) is 0 Å². The predicted molar refractivity (Wildman–Crippen MR) is 59.9 cm³/mol. The zero-order chi connectivity index (χ0) is 9.36. The topological polar surface area (TPSA) is 0 Å². The van der Waals surface area contributed by atoms with E-state index < -0.39 is 0 Å². The Balaban J connectivity index is 2.31. The molecule has 76 valence electrons. The van der Waals surface area contributed by atoms with Gasteiger partial charge in [0.2, 0.25) is 0 Å². The summed E-state index contributed by atoms with van der Waals surface area (Å²) in [5, 5.41) is 0. The van der Waals surface area contributed by atoms with Crippen LogP contribution in [0.1, 0.15) is 71.1 Å². The molecule has 1 aliphatic carbocycles. The minimum absolute atomic E-state index is 1.28. The van der Waals surface area contributed by atoms with Crippen molar-refractivity contribution in [2.75, 3.05) is 0 Å². The minimum atomic E-state index is 1.28. The van der Waals surface area contributed by atoms with E-state index in [1.54, 1.807) is 5.57 Å². The van der Waals surface area contributed by atoms with Crippen molar-refractivity contribution < 1.29 is 0 Å². The van der Waals surface area contributed by atoms with Crippen LogP contribution in [0.5, 0.6) is 0 Å². The van der Waals surface area contributed by atoms with Gasteiger partial charge >= 0.3 is 0 Å². The van der Waals surface area contributed by atoms with E-state index in [0.717, 1.165) is 0 Å². The van der Waals surface area contributed by atoms with Crippen molar-refractivity contribution in [3.63, 3.8) is 0 Å². The molecule has 0 saturated heterocycles. The van der Waals surface area contributed by atoms with E-state index in [4.69, 9.17) is 0 Å². The highest BCUT2D eigenvalue weighted by atomic mass is 14.0. The third-order valence-electron chi connectivity index (χ3n) is 3.09. The summed E-state index contributed by atoms with van der Waals surface area (Å²) in [7, 11) is 0. The maximum absolute atomic E-state index is 2.51. The highest BCUT2D eigenvalue weighted by molar-refractivity contribution is 5.00. The monoisotopic (exact) mass is 180 g/mol. The van der Waals surface area contributed by atoms with Crippen molar-refractivity contribution >= 4 is 0 Å². The van der Waals surface area contributed by atoms with E-state index in [1.165, 1.54) is 64.2 Å². The summed E-state index contributed by atoms with van der Waals surface area (Å²) >= 11 is 0. The lowest BCUT2D eigenvalue weighted by molar-refractivity contribution is 0.586. The molecule has 0 fully saturated rings. The maximum atomic E-state index is 2.51. The van der Waals surface area contributed by atoms with Gasteiger partial charge in [-0.05, 0) is 32.1 Å². The van der Waals surface area contributed by atoms with Crippen LogP contribution in [0.2, 0.25) is 0 Å². The SMILES string of the molecule is CCC1=CCCCCCCCCC1. The molecule has 0 aromatic heterocycles. The molecule has 0 aromatic rings. The summed E-state index contributed by atoms with van der Waals surface area (Å²) in [4.78, 5) is 0. The number of hydrogen-bond donors (Lipinski definition) is 0. The Labute approximate surface area is 83.4 Å². The van der Waals surface area contributed by atoms with Crippen LogP contribution in [0, 0.1) is 0 Å². The molecule has 0 radical (unpaired) electrons. The first-order valence-corrected chi connectivity index (χ1v) is 6.11. The van der Waals surface area contributed by atoms with Crippen LogP contribution in [0.4, 0.5) is 0 Å². The van der Waals surface area contributed by atoms with Crippen molar-refractivity contribution in [2.24, 2.45) is 0 Å². The van der Waals surface area contributed by atoms with Crippen LogP contribution in [-0.4, -0.2) is 0 Å². The first kappa shape index (κ1) is 10.8. The summed E-state index contributed by atoms with van der Waals surface area (Å²) < 4.78 is 0. The van der Waals surface area contributed by atoms with Crippen LogP contribution in [0.3, 0.4) is 0 Å². The van der Waals surface area contributed by atoms with Gasteiger partial charge in [0.15, 0.2) is 0 Å². The van der Waals surface area contributed by atoms with Gasteiger partial charge in [-0.2, -0.15) is 0 Å². The molecule has 0 N–H and O–H groups in total. The second-order valence-corrected chi connectivity index (χ2v) is 4.23. The highest BCUT2D eigenvalue weighted by Gasteiger charge is 1.98. The normalized spacial score (nSPS) is 21.8. The summed E-state index contributed by atoms with van der Waals surface area (Å²) in [6.45, 7) is 2.30. The Morgan fingerprint density at radius 1 is 0.923 bits per heavy atom. The minimum Gasteiger partial charge on any atom is -0.0853 e. The summed E-state index contributed by atoms with van der Waals surface area (Å²) in [6, 6.07) is 0. The Morgan fingerprint density at radius 2 is 1.54 bits per heavy atom. The highest BCUT2D eigenvalue weighted by Crippen LogP contribution is 2.18. The maximum Gasteiger partial charge on any atom is -0.0320 e. The van der Waals surface area contributed by atoms with Gasteiger partial charge in [0.05, 0.1) is 0 Å². The van der Waals surface area contributed by atoms with Crippen molar-refractivity contribution in [2.45, 2.75) is 71.1 Å². The lowest BCUT2D eigenvalue weighted by Gasteiger charge is -2.03. The van der Waals surface area contributed by atoms with Crippen molar-refractivity contribution in [3.8, 4) is 0 Å². The molecule has 1 rings (SSSR count). The van der Waals surface area contributed by atoms with Gasteiger partial charge < -0.3 is 0 Å². The van der Waals surface area contributed by atoms with Crippen LogP contribution in [-0.2, 0) is 0 Å². The van der Waals surface area contributed by atoms with Crippen LogP contribution < -0.4 is 0 Å². The zero-order valence-corrected chi connectivity index (χ0v) is 9.15. The average Bonchev–Trinajstić information content (AvgIpc) is 2.22. The molecule has 0 aliphatic heterocycles. The lowest BCUT2D eigenvalue weighted by Crippen LogP contribution is -1.83. The molecule has 0 heteroatoms. The second kappa shape index (κ2) is 7.17. The second-order valence-electron chi connectivity index (χ2n) is 4.23. The summed E-state index contributed by atoms with van der Waals surface area (Å²) in [6.07, 6.45) is 16.7. The molecule has 0 atom stereocenters. The van der Waals surface area contributed by atoms with E-state index in [2.05, 4.69) is 13.0 Å². The van der Waals surface area contributed by atoms with Gasteiger partial charge in [-0.15, -0.1) is 0 Å². The fraction of sp³-hybridized carbons (Fsp3) is 0.846. The largest absolute Gasteiger partial charge is 0.0853 e. The molecule has 0 heterocycles. The van der Waals surface area contributed by atoms with Crippen LogP contribution in [0.25, 0.3) is 0 Å². The molecule has 0 aromatic carbocycles. The predicted octanol–water partition coefficient (Wildman–Crippen LogP) is 4.85. The first-order valence-electron chi connectivity index (χ1n) is 6.11. The fourth-order valence-electron chi connectivity index (χ4n) is 2.11. The Morgan fingerprint density at radius 3 is 2.23 bits per heavy atom. The van der Waals surface area contributed by atoms with E-state index >= 15 is 0 Å². The van der Waals surface area contributed by atoms with Crippen molar-refractivity contribution in [1.82, 2.24) is 0 Å². The van der Waals surface area contributed by atoms with Crippen molar-refractivity contribution in [1.29, 1.82) is 0 Å². The molecule has 1 aliphatic rings. The van der Waals surface area contributed by atoms with Gasteiger partial charge in [-0.25, -0.2) is 0 Å². The number of hydrogen-bond acceptors (Lipinski definition) is 0. The van der Waals surface area contributed by atoms with E-state index in [9.17, 15) is 0 Å². The molecular weight excluding hydrogens is 156 g/mol. The Bertz CT molecular complexity index is 144. The van der Waals surface area contributed by atoms with E-state index in [-0.39, 0.29) is 0 Å². The van der Waals surface area contributed by atoms with Crippen LogP contribution >= 0.6 is 0 Å². The van der Waals surface area contributed by atoms with Gasteiger partial charge in [0, 0.05) is 0 Å². The number of allylic oxidation sites excluding steroid dienone is 2. The standard InChI is InChI=1S/C13H24/c1-2-13-11-9-7-5-3-4-6-8-10-12-13/h11H,2-10,12H2,1H3. The quantitative estimate of drug-likeness (QED) is 0.506.